The van der Waals surface area contributed by atoms with Crippen LogP contribution in [0.15, 0.2) is 17.3 Å². The van der Waals surface area contributed by atoms with Crippen LogP contribution in [-0.2, 0) is 11.3 Å². The van der Waals surface area contributed by atoms with Gasteiger partial charge in [-0.2, -0.15) is 5.10 Å². The van der Waals surface area contributed by atoms with Gasteiger partial charge in [0.1, 0.15) is 0 Å². The Labute approximate surface area is 131 Å². The van der Waals surface area contributed by atoms with Gasteiger partial charge in [-0.1, -0.05) is 0 Å². The van der Waals surface area contributed by atoms with Crippen molar-refractivity contribution < 1.29 is 4.74 Å². The van der Waals surface area contributed by atoms with Crippen molar-refractivity contribution in [3.8, 4) is 0 Å². The van der Waals surface area contributed by atoms with E-state index in [4.69, 9.17) is 4.74 Å². The summed E-state index contributed by atoms with van der Waals surface area (Å²) < 4.78 is 5.36. The van der Waals surface area contributed by atoms with E-state index in [1.807, 2.05) is 26.8 Å². The van der Waals surface area contributed by atoms with Gasteiger partial charge in [0.15, 0.2) is 5.96 Å². The van der Waals surface area contributed by atoms with E-state index in [0.29, 0.717) is 13.1 Å². The van der Waals surface area contributed by atoms with E-state index in [1.165, 1.54) is 0 Å². The zero-order valence-corrected chi connectivity index (χ0v) is 14.3. The smallest absolute Gasteiger partial charge is 0.191 e. The van der Waals surface area contributed by atoms with Crippen LogP contribution in [0.2, 0.25) is 0 Å². The second-order valence-corrected chi connectivity index (χ2v) is 4.59. The summed E-state index contributed by atoms with van der Waals surface area (Å²) in [7, 11) is 1.70. The second kappa shape index (κ2) is 9.13. The molecule has 0 fully saturated rings. The third kappa shape index (κ3) is 7.36. The van der Waals surface area contributed by atoms with Crippen molar-refractivity contribution in [1.29, 1.82) is 0 Å². The van der Waals surface area contributed by atoms with Crippen LogP contribution in [0.4, 0.5) is 0 Å². The molecule has 0 amide bonds. The molecule has 19 heavy (non-hydrogen) atoms. The number of guanidine groups is 1. The molecule has 0 saturated carbocycles. The average Bonchev–Trinajstić information content (AvgIpc) is 2.86. The van der Waals surface area contributed by atoms with Gasteiger partial charge in [0.05, 0.1) is 17.8 Å². The SMILES string of the molecule is CCNC(=NCc1ccn[nH]1)NCC(C)(C)OC.I. The van der Waals surface area contributed by atoms with E-state index in [2.05, 4.69) is 25.8 Å². The Kier molecular flexibility index (Phi) is 8.73. The summed E-state index contributed by atoms with van der Waals surface area (Å²) in [6, 6.07) is 1.91. The second-order valence-electron chi connectivity index (χ2n) is 4.59. The third-order valence-electron chi connectivity index (χ3n) is 2.54. The number of aliphatic imine (C=N–C) groups is 1. The number of ether oxygens (including phenoxy) is 1. The van der Waals surface area contributed by atoms with Crippen LogP contribution in [0.5, 0.6) is 0 Å². The summed E-state index contributed by atoms with van der Waals surface area (Å²) in [5.74, 6) is 0.775. The highest BCUT2D eigenvalue weighted by atomic mass is 127. The minimum Gasteiger partial charge on any atom is -0.377 e. The summed E-state index contributed by atoms with van der Waals surface area (Å²) in [6.07, 6.45) is 1.72. The Morgan fingerprint density at radius 2 is 2.21 bits per heavy atom. The van der Waals surface area contributed by atoms with Crippen LogP contribution in [0.25, 0.3) is 0 Å². The van der Waals surface area contributed by atoms with Gasteiger partial charge in [-0.15, -0.1) is 24.0 Å². The summed E-state index contributed by atoms with van der Waals surface area (Å²) >= 11 is 0. The number of aromatic nitrogens is 2. The van der Waals surface area contributed by atoms with Crippen molar-refractivity contribution in [2.45, 2.75) is 32.9 Å². The summed E-state index contributed by atoms with van der Waals surface area (Å²) in [4.78, 5) is 4.46. The van der Waals surface area contributed by atoms with E-state index in [1.54, 1.807) is 13.3 Å². The largest absolute Gasteiger partial charge is 0.377 e. The lowest BCUT2D eigenvalue weighted by atomic mass is 10.1. The van der Waals surface area contributed by atoms with Crippen LogP contribution < -0.4 is 10.6 Å². The first kappa shape index (κ1) is 18.2. The molecule has 7 heteroatoms. The average molecular weight is 381 g/mol. The summed E-state index contributed by atoms with van der Waals surface area (Å²) in [6.45, 7) is 8.18. The van der Waals surface area contributed by atoms with Crippen LogP contribution in [0.1, 0.15) is 26.5 Å². The first-order valence-electron chi connectivity index (χ1n) is 6.13. The summed E-state index contributed by atoms with van der Waals surface area (Å²) in [5, 5.41) is 13.2. The van der Waals surface area contributed by atoms with Crippen molar-refractivity contribution >= 4 is 29.9 Å². The maximum atomic E-state index is 5.36. The molecular formula is C12H24IN5O. The molecule has 0 radical (unpaired) electrons. The Balaban J connectivity index is 0.00000324. The maximum absolute atomic E-state index is 5.36. The molecule has 1 heterocycles. The van der Waals surface area contributed by atoms with E-state index >= 15 is 0 Å². The molecule has 110 valence electrons. The third-order valence-corrected chi connectivity index (χ3v) is 2.54. The summed E-state index contributed by atoms with van der Waals surface area (Å²) in [5.41, 5.74) is 0.766. The number of rotatable bonds is 6. The normalized spacial score (nSPS) is 11.9. The fourth-order valence-corrected chi connectivity index (χ4v) is 1.25. The lowest BCUT2D eigenvalue weighted by Gasteiger charge is -2.24. The van der Waals surface area contributed by atoms with E-state index in [0.717, 1.165) is 18.2 Å². The zero-order valence-electron chi connectivity index (χ0n) is 12.0. The maximum Gasteiger partial charge on any atom is 0.191 e. The van der Waals surface area contributed by atoms with Gasteiger partial charge < -0.3 is 15.4 Å². The Hall–Kier alpha value is -0.830. The van der Waals surface area contributed by atoms with E-state index in [-0.39, 0.29) is 29.6 Å². The molecule has 0 aliphatic carbocycles. The van der Waals surface area contributed by atoms with Gasteiger partial charge in [0, 0.05) is 26.4 Å². The van der Waals surface area contributed by atoms with Crippen molar-refractivity contribution in [3.63, 3.8) is 0 Å². The first-order chi connectivity index (χ1) is 8.57. The van der Waals surface area contributed by atoms with Crippen LogP contribution in [-0.4, -0.2) is 42.0 Å². The van der Waals surface area contributed by atoms with Gasteiger partial charge in [0.2, 0.25) is 0 Å². The highest BCUT2D eigenvalue weighted by Crippen LogP contribution is 2.04. The quantitative estimate of drug-likeness (QED) is 0.397. The number of H-pyrrole nitrogens is 1. The number of hydrogen-bond acceptors (Lipinski definition) is 3. The number of hydrogen-bond donors (Lipinski definition) is 3. The molecule has 1 aromatic heterocycles. The van der Waals surface area contributed by atoms with Crippen molar-refractivity contribution in [1.82, 2.24) is 20.8 Å². The van der Waals surface area contributed by atoms with Crippen LogP contribution in [0, 0.1) is 0 Å². The lowest BCUT2D eigenvalue weighted by Crippen LogP contribution is -2.45. The molecule has 0 aromatic carbocycles. The number of methoxy groups -OCH3 is 1. The molecule has 6 nitrogen and oxygen atoms in total. The van der Waals surface area contributed by atoms with Gasteiger partial charge in [0.25, 0.3) is 0 Å². The minimum absolute atomic E-state index is 0. The fraction of sp³-hybridized carbons (Fsp3) is 0.667. The van der Waals surface area contributed by atoms with E-state index < -0.39 is 0 Å². The molecule has 0 aliphatic rings. The van der Waals surface area contributed by atoms with Crippen LogP contribution >= 0.6 is 24.0 Å². The lowest BCUT2D eigenvalue weighted by molar-refractivity contribution is 0.0268. The van der Waals surface area contributed by atoms with Crippen molar-refractivity contribution in [3.05, 3.63) is 18.0 Å². The van der Waals surface area contributed by atoms with Crippen molar-refractivity contribution in [2.75, 3.05) is 20.2 Å². The van der Waals surface area contributed by atoms with Gasteiger partial charge in [-0.25, -0.2) is 4.99 Å². The molecule has 1 rings (SSSR count). The molecule has 1 aromatic rings. The Morgan fingerprint density at radius 3 is 2.74 bits per heavy atom. The standard InChI is InChI=1S/C12H23N5O.HI/c1-5-13-11(15-9-12(2,3)18-4)14-8-10-6-7-16-17-10;/h6-7H,5,8-9H2,1-4H3,(H,16,17)(H2,13,14,15);1H. The van der Waals surface area contributed by atoms with Crippen molar-refractivity contribution in [2.24, 2.45) is 4.99 Å². The number of nitrogens with one attached hydrogen (secondary N) is 3. The zero-order chi connectivity index (χ0) is 13.4. The molecular weight excluding hydrogens is 357 g/mol. The molecule has 0 saturated heterocycles. The number of halogens is 1. The van der Waals surface area contributed by atoms with Gasteiger partial charge in [-0.3, -0.25) is 5.10 Å². The molecule has 0 aliphatic heterocycles. The first-order valence-corrected chi connectivity index (χ1v) is 6.13. The Morgan fingerprint density at radius 1 is 1.47 bits per heavy atom. The number of aromatic amines is 1. The number of nitrogens with zero attached hydrogens (tertiary/aromatic N) is 2. The van der Waals surface area contributed by atoms with E-state index in [9.17, 15) is 0 Å². The van der Waals surface area contributed by atoms with Gasteiger partial charge >= 0.3 is 0 Å². The molecule has 0 atom stereocenters. The minimum atomic E-state index is -0.218. The highest BCUT2D eigenvalue weighted by Gasteiger charge is 2.16. The highest BCUT2D eigenvalue weighted by molar-refractivity contribution is 14.0. The monoisotopic (exact) mass is 381 g/mol. The predicted octanol–water partition coefficient (Wildman–Crippen LogP) is 1.51. The molecule has 3 N–H and O–H groups in total. The molecule has 0 unspecified atom stereocenters. The van der Waals surface area contributed by atoms with Crippen LogP contribution in [0.3, 0.4) is 0 Å². The van der Waals surface area contributed by atoms with Gasteiger partial charge in [-0.05, 0) is 26.8 Å². The Bertz CT molecular complexity index is 364. The predicted molar refractivity (Wildman–Crippen MR) is 87.9 cm³/mol. The molecule has 0 spiro atoms. The topological polar surface area (TPSA) is 74.3 Å². The fourth-order valence-electron chi connectivity index (χ4n) is 1.25. The molecule has 0 bridgehead atoms.